The van der Waals surface area contributed by atoms with Crippen LogP contribution in [-0.2, 0) is 9.53 Å². The van der Waals surface area contributed by atoms with Crippen molar-refractivity contribution in [3.8, 4) is 0 Å². The summed E-state index contributed by atoms with van der Waals surface area (Å²) >= 11 is 0. The summed E-state index contributed by atoms with van der Waals surface area (Å²) in [5.41, 5.74) is 0. The third-order valence-corrected chi connectivity index (χ3v) is 4.29. The molecule has 2 unspecified atom stereocenters. The van der Waals surface area contributed by atoms with Crippen LogP contribution >= 0.6 is 0 Å². The number of carbonyl (C=O) groups is 1. The Kier molecular flexibility index (Phi) is 5.45. The predicted octanol–water partition coefficient (Wildman–Crippen LogP) is 1.47. The number of aliphatic hydroxyl groups is 1. The van der Waals surface area contributed by atoms with Crippen LogP contribution in [0.2, 0.25) is 0 Å². The van der Waals surface area contributed by atoms with Gasteiger partial charge < -0.3 is 15.2 Å². The number of carbonyl (C=O) groups excluding carboxylic acids is 1. The fourth-order valence-corrected chi connectivity index (χ4v) is 3.14. The van der Waals surface area contributed by atoms with E-state index in [0.29, 0.717) is 25.6 Å². The summed E-state index contributed by atoms with van der Waals surface area (Å²) in [6, 6.07) is 0.156. The lowest BCUT2D eigenvalue weighted by Crippen LogP contribution is -2.44. The molecule has 0 radical (unpaired) electrons. The van der Waals surface area contributed by atoms with Crippen LogP contribution in [0, 0.1) is 11.8 Å². The van der Waals surface area contributed by atoms with Gasteiger partial charge in [-0.05, 0) is 31.6 Å². The smallest absolute Gasteiger partial charge is 0.225 e. The van der Waals surface area contributed by atoms with Crippen LogP contribution in [0.4, 0.5) is 0 Å². The first-order valence-corrected chi connectivity index (χ1v) is 7.30. The van der Waals surface area contributed by atoms with Crippen molar-refractivity contribution >= 4 is 5.91 Å². The molecule has 1 saturated heterocycles. The normalized spacial score (nSPS) is 27.1. The van der Waals surface area contributed by atoms with E-state index in [0.717, 1.165) is 6.42 Å². The minimum Gasteiger partial charge on any atom is -0.396 e. The first-order valence-electron chi connectivity index (χ1n) is 7.30. The van der Waals surface area contributed by atoms with Crippen molar-refractivity contribution in [2.45, 2.75) is 51.0 Å². The summed E-state index contributed by atoms with van der Waals surface area (Å²) in [6.45, 7) is 1.41. The van der Waals surface area contributed by atoms with Crippen LogP contribution in [0.5, 0.6) is 0 Å². The number of ether oxygens (including phenoxy) is 1. The second kappa shape index (κ2) is 7.10. The molecule has 2 rings (SSSR count). The van der Waals surface area contributed by atoms with Crippen LogP contribution in [-0.4, -0.2) is 36.9 Å². The Balaban J connectivity index is 1.85. The lowest BCUT2D eigenvalue weighted by Gasteiger charge is -2.31. The van der Waals surface area contributed by atoms with E-state index in [1.165, 1.54) is 32.1 Å². The van der Waals surface area contributed by atoms with Crippen molar-refractivity contribution in [3.63, 3.8) is 0 Å². The molecule has 1 aliphatic heterocycles. The fourth-order valence-electron chi connectivity index (χ4n) is 3.14. The lowest BCUT2D eigenvalue weighted by atomic mass is 9.82. The molecule has 4 nitrogen and oxygen atoms in total. The molecule has 18 heavy (non-hydrogen) atoms. The van der Waals surface area contributed by atoms with Crippen molar-refractivity contribution in [2.24, 2.45) is 11.8 Å². The number of nitrogens with one attached hydrogen (secondary N) is 1. The molecule has 0 aromatic carbocycles. The van der Waals surface area contributed by atoms with Crippen LogP contribution in [0.15, 0.2) is 0 Å². The van der Waals surface area contributed by atoms with Gasteiger partial charge in [0, 0.05) is 19.3 Å². The van der Waals surface area contributed by atoms with Crippen LogP contribution in [0.1, 0.15) is 44.9 Å². The third-order valence-electron chi connectivity index (χ3n) is 4.29. The maximum Gasteiger partial charge on any atom is 0.225 e. The van der Waals surface area contributed by atoms with E-state index in [-0.39, 0.29) is 24.5 Å². The van der Waals surface area contributed by atoms with E-state index < -0.39 is 0 Å². The highest BCUT2D eigenvalue weighted by molar-refractivity contribution is 5.79. The van der Waals surface area contributed by atoms with Crippen LogP contribution < -0.4 is 5.32 Å². The van der Waals surface area contributed by atoms with Gasteiger partial charge in [0.25, 0.3) is 0 Å². The Morgan fingerprint density at radius 2 is 2.06 bits per heavy atom. The molecule has 1 heterocycles. The minimum absolute atomic E-state index is 0.0229. The molecular weight excluding hydrogens is 230 g/mol. The molecule has 0 bridgehead atoms. The molecule has 104 valence electrons. The predicted molar refractivity (Wildman–Crippen MR) is 69.1 cm³/mol. The maximum absolute atomic E-state index is 12.1. The monoisotopic (exact) mass is 255 g/mol. The number of rotatable bonds is 5. The highest BCUT2D eigenvalue weighted by atomic mass is 16.5. The zero-order valence-electron chi connectivity index (χ0n) is 11.1. The van der Waals surface area contributed by atoms with E-state index in [1.54, 1.807) is 0 Å². The van der Waals surface area contributed by atoms with Gasteiger partial charge in [0.15, 0.2) is 0 Å². The van der Waals surface area contributed by atoms with Crippen molar-refractivity contribution in [2.75, 3.05) is 19.8 Å². The third kappa shape index (κ3) is 3.69. The Morgan fingerprint density at radius 1 is 1.28 bits per heavy atom. The summed E-state index contributed by atoms with van der Waals surface area (Å²) in [6.07, 6.45) is 7.72. The van der Waals surface area contributed by atoms with Crippen LogP contribution in [0.3, 0.4) is 0 Å². The first-order chi connectivity index (χ1) is 8.81. The summed E-state index contributed by atoms with van der Waals surface area (Å²) in [7, 11) is 0. The molecule has 2 fully saturated rings. The van der Waals surface area contributed by atoms with Crippen molar-refractivity contribution in [1.29, 1.82) is 0 Å². The first kappa shape index (κ1) is 13.8. The summed E-state index contributed by atoms with van der Waals surface area (Å²) in [4.78, 5) is 12.1. The molecule has 1 saturated carbocycles. The lowest BCUT2D eigenvalue weighted by molar-refractivity contribution is -0.126. The zero-order chi connectivity index (χ0) is 12.8. The largest absolute Gasteiger partial charge is 0.396 e. The Bertz CT molecular complexity index is 258. The zero-order valence-corrected chi connectivity index (χ0v) is 11.1. The number of amides is 1. The van der Waals surface area contributed by atoms with Gasteiger partial charge in [-0.15, -0.1) is 0 Å². The molecule has 1 aliphatic carbocycles. The van der Waals surface area contributed by atoms with E-state index in [2.05, 4.69) is 5.32 Å². The maximum atomic E-state index is 12.1. The fraction of sp³-hybridized carbons (Fsp3) is 0.929. The second-order valence-electron chi connectivity index (χ2n) is 5.59. The SMILES string of the molecule is O=C(NC(CCO)C1CCCCC1)C1CCOC1. The Hall–Kier alpha value is -0.610. The molecule has 2 aliphatic rings. The van der Waals surface area contributed by atoms with Gasteiger partial charge in [0.05, 0.1) is 12.5 Å². The average Bonchev–Trinajstić information content (AvgIpc) is 2.93. The van der Waals surface area contributed by atoms with E-state index in [9.17, 15) is 4.79 Å². The molecular formula is C14H25NO3. The molecule has 1 amide bonds. The number of hydrogen-bond donors (Lipinski definition) is 2. The highest BCUT2D eigenvalue weighted by Crippen LogP contribution is 2.28. The number of aliphatic hydroxyl groups excluding tert-OH is 1. The van der Waals surface area contributed by atoms with Gasteiger partial charge in [0.1, 0.15) is 0 Å². The van der Waals surface area contributed by atoms with Gasteiger partial charge in [0.2, 0.25) is 5.91 Å². The van der Waals surface area contributed by atoms with Crippen molar-refractivity contribution < 1.29 is 14.6 Å². The Labute approximate surface area is 109 Å². The molecule has 0 aromatic rings. The summed E-state index contributed by atoms with van der Waals surface area (Å²) in [5.74, 6) is 0.698. The van der Waals surface area contributed by atoms with Crippen LogP contribution in [0.25, 0.3) is 0 Å². The van der Waals surface area contributed by atoms with Crippen molar-refractivity contribution in [1.82, 2.24) is 5.32 Å². The van der Waals surface area contributed by atoms with Gasteiger partial charge in [-0.1, -0.05) is 19.3 Å². The van der Waals surface area contributed by atoms with E-state index >= 15 is 0 Å². The Morgan fingerprint density at radius 3 is 2.67 bits per heavy atom. The van der Waals surface area contributed by atoms with E-state index in [4.69, 9.17) is 9.84 Å². The quantitative estimate of drug-likeness (QED) is 0.782. The van der Waals surface area contributed by atoms with Crippen molar-refractivity contribution in [3.05, 3.63) is 0 Å². The summed E-state index contributed by atoms with van der Waals surface area (Å²) in [5, 5.41) is 12.3. The topological polar surface area (TPSA) is 58.6 Å². The molecule has 2 N–H and O–H groups in total. The molecule has 2 atom stereocenters. The van der Waals surface area contributed by atoms with Gasteiger partial charge in [-0.2, -0.15) is 0 Å². The number of hydrogen-bond acceptors (Lipinski definition) is 3. The summed E-state index contributed by atoms with van der Waals surface area (Å²) < 4.78 is 5.26. The molecule has 0 aromatic heterocycles. The average molecular weight is 255 g/mol. The van der Waals surface area contributed by atoms with Gasteiger partial charge in [-0.25, -0.2) is 0 Å². The standard InChI is InChI=1S/C14H25NO3/c16-8-6-13(11-4-2-1-3-5-11)15-14(17)12-7-9-18-10-12/h11-13,16H,1-10H2,(H,15,17). The molecule has 0 spiro atoms. The minimum atomic E-state index is 0.0229. The van der Waals surface area contributed by atoms with E-state index in [1.807, 2.05) is 0 Å². The second-order valence-corrected chi connectivity index (χ2v) is 5.59. The van der Waals surface area contributed by atoms with Gasteiger partial charge >= 0.3 is 0 Å². The van der Waals surface area contributed by atoms with Gasteiger partial charge in [-0.3, -0.25) is 4.79 Å². The molecule has 4 heteroatoms. The highest BCUT2D eigenvalue weighted by Gasteiger charge is 2.29.